The molecule has 0 fully saturated rings. The molecule has 0 atom stereocenters. The summed E-state index contributed by atoms with van der Waals surface area (Å²) in [5.74, 6) is -2.95. The number of nitrogens with one attached hydrogen (secondary N) is 1. The van der Waals surface area contributed by atoms with Crippen LogP contribution in [-0.4, -0.2) is 21.8 Å². The van der Waals surface area contributed by atoms with Crippen molar-refractivity contribution >= 4 is 23.0 Å². The molecular weight excluding hydrogens is 383 g/mol. The van der Waals surface area contributed by atoms with Gasteiger partial charge in [0.25, 0.3) is 11.7 Å². The van der Waals surface area contributed by atoms with E-state index in [1.165, 1.54) is 17.4 Å². The van der Waals surface area contributed by atoms with Crippen molar-refractivity contribution in [3.8, 4) is 11.4 Å². The van der Waals surface area contributed by atoms with Gasteiger partial charge >= 0.3 is 12.1 Å². The summed E-state index contributed by atoms with van der Waals surface area (Å²) in [7, 11) is 0. The van der Waals surface area contributed by atoms with Crippen molar-refractivity contribution in [3.05, 3.63) is 57.6 Å². The van der Waals surface area contributed by atoms with Gasteiger partial charge in [-0.2, -0.15) is 18.2 Å². The van der Waals surface area contributed by atoms with Crippen LogP contribution in [0.25, 0.3) is 11.4 Å². The fourth-order valence-electron chi connectivity index (χ4n) is 2.26. The summed E-state index contributed by atoms with van der Waals surface area (Å²) in [5, 5.41) is 7.56. The first-order chi connectivity index (χ1) is 12.8. The van der Waals surface area contributed by atoms with Crippen LogP contribution in [0.2, 0.25) is 0 Å². The minimum atomic E-state index is -4.71. The van der Waals surface area contributed by atoms with Gasteiger partial charge in [-0.25, -0.2) is 0 Å². The molecule has 10 heteroatoms. The Bertz CT molecular complexity index is 981. The molecule has 2 heterocycles. The van der Waals surface area contributed by atoms with E-state index >= 15 is 0 Å². The number of amides is 1. The van der Waals surface area contributed by atoms with E-state index in [-0.39, 0.29) is 12.4 Å². The van der Waals surface area contributed by atoms with Gasteiger partial charge in [0.05, 0.1) is 4.88 Å². The van der Waals surface area contributed by atoms with Gasteiger partial charge in [-0.05, 0) is 35.6 Å². The van der Waals surface area contributed by atoms with Gasteiger partial charge in [-0.15, -0.1) is 11.3 Å². The van der Waals surface area contributed by atoms with Gasteiger partial charge in [0, 0.05) is 12.1 Å². The standard InChI is InChI=1S/C17H12F3N3O3S/c1-9-7-10(14-22-16(26-23-14)17(18,19)20)4-5-11(9)8-21-15(25)13(24)12-3-2-6-27-12/h2-7H,8H2,1H3,(H,21,25). The average molecular weight is 395 g/mol. The Morgan fingerprint density at radius 2 is 2.04 bits per heavy atom. The van der Waals surface area contributed by atoms with Crippen LogP contribution in [0.3, 0.4) is 0 Å². The van der Waals surface area contributed by atoms with E-state index in [0.29, 0.717) is 21.6 Å². The first kappa shape index (κ1) is 18.8. The largest absolute Gasteiger partial charge is 0.471 e. The van der Waals surface area contributed by atoms with E-state index < -0.39 is 23.8 Å². The molecule has 1 N–H and O–H groups in total. The molecule has 6 nitrogen and oxygen atoms in total. The highest BCUT2D eigenvalue weighted by molar-refractivity contribution is 7.13. The first-order valence-electron chi connectivity index (χ1n) is 7.62. The van der Waals surface area contributed by atoms with Crippen molar-refractivity contribution in [3.63, 3.8) is 0 Å². The molecule has 140 valence electrons. The third kappa shape index (κ3) is 4.22. The van der Waals surface area contributed by atoms with E-state index in [2.05, 4.69) is 20.0 Å². The van der Waals surface area contributed by atoms with Crippen LogP contribution in [-0.2, 0) is 17.5 Å². The molecule has 0 saturated heterocycles. The zero-order valence-corrected chi connectivity index (χ0v) is 14.6. The third-order valence-corrected chi connectivity index (χ3v) is 4.53. The van der Waals surface area contributed by atoms with Gasteiger partial charge in [0.1, 0.15) is 0 Å². The minimum Gasteiger partial charge on any atom is -0.345 e. The molecule has 0 radical (unpaired) electrons. The van der Waals surface area contributed by atoms with Crippen LogP contribution >= 0.6 is 11.3 Å². The van der Waals surface area contributed by atoms with Crippen LogP contribution in [0.15, 0.2) is 40.2 Å². The van der Waals surface area contributed by atoms with Gasteiger partial charge in [0.15, 0.2) is 0 Å². The lowest BCUT2D eigenvalue weighted by Crippen LogP contribution is -2.30. The number of thiophene rings is 1. The number of Topliss-reactive ketones (excluding diaryl/α,β-unsaturated/α-hetero) is 1. The van der Waals surface area contributed by atoms with E-state index in [9.17, 15) is 22.8 Å². The van der Waals surface area contributed by atoms with E-state index in [4.69, 9.17) is 0 Å². The number of aromatic nitrogens is 2. The van der Waals surface area contributed by atoms with Crippen LogP contribution in [0, 0.1) is 6.92 Å². The van der Waals surface area contributed by atoms with Crippen LogP contribution in [0.5, 0.6) is 0 Å². The molecule has 0 aliphatic rings. The van der Waals surface area contributed by atoms with Crippen molar-refractivity contribution in [1.82, 2.24) is 15.5 Å². The van der Waals surface area contributed by atoms with Crippen molar-refractivity contribution in [1.29, 1.82) is 0 Å². The lowest BCUT2D eigenvalue weighted by Gasteiger charge is -2.08. The molecule has 0 aliphatic carbocycles. The van der Waals surface area contributed by atoms with E-state index in [0.717, 1.165) is 0 Å². The molecule has 0 unspecified atom stereocenters. The number of aryl methyl sites for hydroxylation is 1. The molecule has 1 aromatic carbocycles. The topological polar surface area (TPSA) is 85.1 Å². The summed E-state index contributed by atoms with van der Waals surface area (Å²) in [6.45, 7) is 1.82. The Kier molecular flexibility index (Phi) is 5.08. The number of rotatable bonds is 5. The monoisotopic (exact) mass is 395 g/mol. The second-order valence-electron chi connectivity index (χ2n) is 5.55. The van der Waals surface area contributed by atoms with Crippen LogP contribution < -0.4 is 5.32 Å². The number of hydrogen-bond acceptors (Lipinski definition) is 6. The van der Waals surface area contributed by atoms with Gasteiger partial charge in [0.2, 0.25) is 5.82 Å². The molecule has 3 rings (SSSR count). The molecule has 0 aliphatic heterocycles. The molecule has 27 heavy (non-hydrogen) atoms. The highest BCUT2D eigenvalue weighted by Crippen LogP contribution is 2.29. The fourth-order valence-corrected chi connectivity index (χ4v) is 2.93. The Morgan fingerprint density at radius 1 is 1.26 bits per heavy atom. The molecule has 0 spiro atoms. The number of alkyl halides is 3. The second kappa shape index (κ2) is 7.31. The Hall–Kier alpha value is -3.01. The maximum atomic E-state index is 12.5. The lowest BCUT2D eigenvalue weighted by atomic mass is 10.0. The maximum absolute atomic E-state index is 12.5. The van der Waals surface area contributed by atoms with Gasteiger partial charge < -0.3 is 9.84 Å². The summed E-state index contributed by atoms with van der Waals surface area (Å²) in [4.78, 5) is 27.5. The molecule has 0 bridgehead atoms. The molecule has 1 amide bonds. The molecule has 2 aromatic heterocycles. The van der Waals surface area contributed by atoms with Crippen LogP contribution in [0.1, 0.15) is 26.7 Å². The van der Waals surface area contributed by atoms with Gasteiger partial charge in [-0.1, -0.05) is 23.4 Å². The number of carbonyl (C=O) groups is 2. The summed E-state index contributed by atoms with van der Waals surface area (Å²) < 4.78 is 41.8. The lowest BCUT2D eigenvalue weighted by molar-refractivity contribution is -0.159. The predicted molar refractivity (Wildman–Crippen MR) is 90.0 cm³/mol. The number of benzene rings is 1. The van der Waals surface area contributed by atoms with Crippen molar-refractivity contribution < 1.29 is 27.3 Å². The smallest absolute Gasteiger partial charge is 0.345 e. The normalized spacial score (nSPS) is 11.4. The number of nitrogens with zero attached hydrogens (tertiary/aromatic N) is 2. The summed E-state index contributed by atoms with van der Waals surface area (Å²) in [5.41, 5.74) is 1.73. The fraction of sp³-hybridized carbons (Fsp3) is 0.176. The molecule has 3 aromatic rings. The minimum absolute atomic E-state index is 0.0993. The number of hydrogen-bond donors (Lipinski definition) is 1. The second-order valence-corrected chi connectivity index (χ2v) is 6.50. The van der Waals surface area contributed by atoms with E-state index in [1.807, 2.05) is 0 Å². The highest BCUT2D eigenvalue weighted by Gasteiger charge is 2.38. The Balaban J connectivity index is 1.69. The highest BCUT2D eigenvalue weighted by atomic mass is 32.1. The zero-order valence-electron chi connectivity index (χ0n) is 13.8. The average Bonchev–Trinajstić information content (AvgIpc) is 3.30. The van der Waals surface area contributed by atoms with E-state index in [1.54, 1.807) is 36.6 Å². The number of carbonyl (C=O) groups excluding carboxylic acids is 2. The van der Waals surface area contributed by atoms with Gasteiger partial charge in [-0.3, -0.25) is 9.59 Å². The van der Waals surface area contributed by atoms with Crippen molar-refractivity contribution in [2.45, 2.75) is 19.6 Å². The van der Waals surface area contributed by atoms with Crippen molar-refractivity contribution in [2.24, 2.45) is 0 Å². The third-order valence-electron chi connectivity index (χ3n) is 3.66. The Morgan fingerprint density at radius 3 is 2.63 bits per heavy atom. The quantitative estimate of drug-likeness (QED) is 0.527. The summed E-state index contributed by atoms with van der Waals surface area (Å²) in [6.07, 6.45) is -4.71. The molecular formula is C17H12F3N3O3S. The predicted octanol–water partition coefficient (Wildman–Crippen LogP) is 3.62. The summed E-state index contributed by atoms with van der Waals surface area (Å²) >= 11 is 1.17. The molecule has 0 saturated carbocycles. The first-order valence-corrected chi connectivity index (χ1v) is 8.50. The SMILES string of the molecule is Cc1cc(-c2noc(C(F)(F)F)n2)ccc1CNC(=O)C(=O)c1cccs1. The summed E-state index contributed by atoms with van der Waals surface area (Å²) in [6, 6.07) is 7.95. The maximum Gasteiger partial charge on any atom is 0.471 e. The number of ketones is 1. The number of halogens is 3. The zero-order chi connectivity index (χ0) is 19.6. The Labute approximate surface area is 155 Å². The van der Waals surface area contributed by atoms with Crippen molar-refractivity contribution in [2.75, 3.05) is 0 Å². The van der Waals surface area contributed by atoms with Crippen LogP contribution in [0.4, 0.5) is 13.2 Å².